The SMILES string of the molecule is Cc1ccc(C(=O)C2CCN(C(=O)CCC3CCNC3)CC2)cc1. The average molecular weight is 328 g/mol. The molecule has 0 aliphatic carbocycles. The lowest BCUT2D eigenvalue weighted by atomic mass is 9.88. The van der Waals surface area contributed by atoms with Crippen LogP contribution in [0.15, 0.2) is 24.3 Å². The number of ketones is 1. The third kappa shape index (κ3) is 4.23. The van der Waals surface area contributed by atoms with Crippen molar-refractivity contribution < 1.29 is 9.59 Å². The van der Waals surface area contributed by atoms with E-state index in [0.29, 0.717) is 12.3 Å². The van der Waals surface area contributed by atoms with Crippen molar-refractivity contribution in [2.24, 2.45) is 11.8 Å². The summed E-state index contributed by atoms with van der Waals surface area (Å²) in [4.78, 5) is 26.9. The largest absolute Gasteiger partial charge is 0.343 e. The molecule has 3 rings (SSSR count). The Kier molecular flexibility index (Phi) is 5.67. The van der Waals surface area contributed by atoms with Crippen molar-refractivity contribution in [2.75, 3.05) is 26.2 Å². The summed E-state index contributed by atoms with van der Waals surface area (Å²) in [6.45, 7) is 5.62. The minimum Gasteiger partial charge on any atom is -0.343 e. The van der Waals surface area contributed by atoms with Crippen molar-refractivity contribution in [1.29, 1.82) is 0 Å². The fourth-order valence-electron chi connectivity index (χ4n) is 3.79. The van der Waals surface area contributed by atoms with Gasteiger partial charge in [-0.05, 0) is 51.6 Å². The Morgan fingerprint density at radius 2 is 1.83 bits per heavy atom. The third-order valence-electron chi connectivity index (χ3n) is 5.48. The van der Waals surface area contributed by atoms with Crippen LogP contribution in [0.1, 0.15) is 48.0 Å². The fraction of sp³-hybridized carbons (Fsp3) is 0.600. The zero-order valence-electron chi connectivity index (χ0n) is 14.6. The molecule has 1 unspecified atom stereocenters. The zero-order valence-corrected chi connectivity index (χ0v) is 14.6. The highest BCUT2D eigenvalue weighted by Gasteiger charge is 2.28. The van der Waals surface area contributed by atoms with Crippen LogP contribution >= 0.6 is 0 Å². The van der Waals surface area contributed by atoms with Crippen LogP contribution in [0.2, 0.25) is 0 Å². The fourth-order valence-corrected chi connectivity index (χ4v) is 3.79. The Bertz CT molecular complexity index is 568. The molecule has 4 heteroatoms. The van der Waals surface area contributed by atoms with Gasteiger partial charge in [-0.3, -0.25) is 9.59 Å². The lowest BCUT2D eigenvalue weighted by Gasteiger charge is -2.31. The molecule has 130 valence electrons. The number of hydrogen-bond donors (Lipinski definition) is 1. The number of piperidine rings is 1. The summed E-state index contributed by atoms with van der Waals surface area (Å²) in [5, 5.41) is 3.35. The van der Waals surface area contributed by atoms with E-state index in [1.165, 1.54) is 12.0 Å². The van der Waals surface area contributed by atoms with Gasteiger partial charge in [0.1, 0.15) is 0 Å². The molecule has 2 aliphatic rings. The molecule has 2 saturated heterocycles. The maximum Gasteiger partial charge on any atom is 0.222 e. The van der Waals surface area contributed by atoms with Gasteiger partial charge in [0.15, 0.2) is 5.78 Å². The molecule has 0 radical (unpaired) electrons. The molecule has 2 fully saturated rings. The van der Waals surface area contributed by atoms with Gasteiger partial charge in [-0.1, -0.05) is 29.8 Å². The molecule has 0 saturated carbocycles. The normalized spacial score (nSPS) is 21.9. The number of amides is 1. The molecule has 1 atom stereocenters. The second kappa shape index (κ2) is 7.93. The van der Waals surface area contributed by atoms with Gasteiger partial charge in [0.25, 0.3) is 0 Å². The average Bonchev–Trinajstić information content (AvgIpc) is 3.13. The Labute approximate surface area is 144 Å². The highest BCUT2D eigenvalue weighted by Crippen LogP contribution is 2.23. The first-order valence-electron chi connectivity index (χ1n) is 9.23. The predicted octanol–water partition coefficient (Wildman–Crippen LogP) is 2.81. The quantitative estimate of drug-likeness (QED) is 0.846. The van der Waals surface area contributed by atoms with E-state index in [0.717, 1.165) is 51.0 Å². The van der Waals surface area contributed by atoms with Crippen LogP contribution in [0.25, 0.3) is 0 Å². The van der Waals surface area contributed by atoms with E-state index in [1.54, 1.807) is 0 Å². The minimum absolute atomic E-state index is 0.0655. The van der Waals surface area contributed by atoms with Crippen molar-refractivity contribution in [3.05, 3.63) is 35.4 Å². The molecule has 24 heavy (non-hydrogen) atoms. The number of benzene rings is 1. The van der Waals surface area contributed by atoms with Gasteiger partial charge in [0.05, 0.1) is 0 Å². The number of Topliss-reactive ketones (excluding diaryl/α,β-unsaturated/α-hetero) is 1. The number of hydrogen-bond acceptors (Lipinski definition) is 3. The van der Waals surface area contributed by atoms with Crippen LogP contribution in [0.5, 0.6) is 0 Å². The van der Waals surface area contributed by atoms with Crippen LogP contribution in [-0.2, 0) is 4.79 Å². The molecule has 1 aromatic carbocycles. The molecule has 0 spiro atoms. The number of nitrogens with one attached hydrogen (secondary N) is 1. The molecule has 4 nitrogen and oxygen atoms in total. The first-order valence-corrected chi connectivity index (χ1v) is 9.23. The molecule has 0 bridgehead atoms. The Balaban J connectivity index is 1.45. The summed E-state index contributed by atoms with van der Waals surface area (Å²) in [6, 6.07) is 7.82. The van der Waals surface area contributed by atoms with Gasteiger partial charge in [0.2, 0.25) is 5.91 Å². The van der Waals surface area contributed by atoms with Gasteiger partial charge in [-0.25, -0.2) is 0 Å². The van der Waals surface area contributed by atoms with E-state index in [9.17, 15) is 9.59 Å². The summed E-state index contributed by atoms with van der Waals surface area (Å²) in [7, 11) is 0. The molecule has 1 aromatic rings. The standard InChI is InChI=1S/C20H28N2O2/c1-15-2-5-17(6-3-15)20(24)18-9-12-22(13-10-18)19(23)7-4-16-8-11-21-14-16/h2-3,5-6,16,18,21H,4,7-14H2,1H3. The van der Waals surface area contributed by atoms with Gasteiger partial charge >= 0.3 is 0 Å². The maximum atomic E-state index is 12.6. The number of likely N-dealkylation sites (tertiary alicyclic amines) is 1. The highest BCUT2D eigenvalue weighted by molar-refractivity contribution is 5.98. The van der Waals surface area contributed by atoms with Crippen LogP contribution in [0.4, 0.5) is 0 Å². The molecular weight excluding hydrogens is 300 g/mol. The molecule has 2 aliphatic heterocycles. The zero-order chi connectivity index (χ0) is 16.9. The van der Waals surface area contributed by atoms with Crippen molar-refractivity contribution in [3.8, 4) is 0 Å². The van der Waals surface area contributed by atoms with Crippen molar-refractivity contribution in [1.82, 2.24) is 10.2 Å². The van der Waals surface area contributed by atoms with Crippen LogP contribution in [-0.4, -0.2) is 42.8 Å². The first-order chi connectivity index (χ1) is 11.6. The minimum atomic E-state index is 0.0655. The van der Waals surface area contributed by atoms with Gasteiger partial charge in [0, 0.05) is 31.0 Å². The number of nitrogens with zero attached hydrogens (tertiary/aromatic N) is 1. The summed E-state index contributed by atoms with van der Waals surface area (Å²) >= 11 is 0. The maximum absolute atomic E-state index is 12.6. The van der Waals surface area contributed by atoms with Crippen LogP contribution < -0.4 is 5.32 Å². The number of carbonyl (C=O) groups is 2. The summed E-state index contributed by atoms with van der Waals surface area (Å²) in [5.74, 6) is 1.23. The topological polar surface area (TPSA) is 49.4 Å². The van der Waals surface area contributed by atoms with Crippen molar-refractivity contribution in [3.63, 3.8) is 0 Å². The Morgan fingerprint density at radius 1 is 1.12 bits per heavy atom. The number of aryl methyl sites for hydroxylation is 1. The van der Waals surface area contributed by atoms with E-state index < -0.39 is 0 Å². The van der Waals surface area contributed by atoms with E-state index in [1.807, 2.05) is 36.1 Å². The van der Waals surface area contributed by atoms with Crippen LogP contribution in [0.3, 0.4) is 0 Å². The molecule has 1 N–H and O–H groups in total. The van der Waals surface area contributed by atoms with Gasteiger partial charge in [-0.15, -0.1) is 0 Å². The molecule has 2 heterocycles. The lowest BCUT2D eigenvalue weighted by molar-refractivity contribution is -0.132. The lowest BCUT2D eigenvalue weighted by Crippen LogP contribution is -2.40. The first kappa shape index (κ1) is 17.2. The Morgan fingerprint density at radius 3 is 2.46 bits per heavy atom. The van der Waals surface area contributed by atoms with E-state index in [4.69, 9.17) is 0 Å². The van der Waals surface area contributed by atoms with E-state index in [-0.39, 0.29) is 17.6 Å². The van der Waals surface area contributed by atoms with Crippen LogP contribution in [0, 0.1) is 18.8 Å². The highest BCUT2D eigenvalue weighted by atomic mass is 16.2. The molecule has 0 aromatic heterocycles. The van der Waals surface area contributed by atoms with Gasteiger partial charge < -0.3 is 10.2 Å². The predicted molar refractivity (Wildman–Crippen MR) is 95.0 cm³/mol. The monoisotopic (exact) mass is 328 g/mol. The van der Waals surface area contributed by atoms with Gasteiger partial charge in [-0.2, -0.15) is 0 Å². The smallest absolute Gasteiger partial charge is 0.222 e. The summed E-state index contributed by atoms with van der Waals surface area (Å²) in [6.07, 6.45) is 4.43. The van der Waals surface area contributed by atoms with Crippen molar-refractivity contribution in [2.45, 2.75) is 39.0 Å². The molecule has 1 amide bonds. The van der Waals surface area contributed by atoms with E-state index in [2.05, 4.69) is 5.32 Å². The number of rotatable bonds is 5. The number of carbonyl (C=O) groups excluding carboxylic acids is 2. The Hall–Kier alpha value is -1.68. The summed E-state index contributed by atoms with van der Waals surface area (Å²) < 4.78 is 0. The molecular formula is C20H28N2O2. The second-order valence-corrected chi connectivity index (χ2v) is 7.28. The van der Waals surface area contributed by atoms with E-state index >= 15 is 0 Å². The summed E-state index contributed by atoms with van der Waals surface area (Å²) in [5.41, 5.74) is 1.98. The second-order valence-electron chi connectivity index (χ2n) is 7.28. The third-order valence-corrected chi connectivity index (χ3v) is 5.48. The van der Waals surface area contributed by atoms with Crippen molar-refractivity contribution >= 4 is 11.7 Å².